The molecule has 0 aliphatic carbocycles. The Morgan fingerprint density at radius 2 is 2.00 bits per heavy atom. The zero-order chi connectivity index (χ0) is 14.9. The van der Waals surface area contributed by atoms with E-state index in [-0.39, 0.29) is 5.56 Å². The fourth-order valence-corrected chi connectivity index (χ4v) is 2.73. The molecular formula is C16H28N4O. The van der Waals surface area contributed by atoms with Crippen LogP contribution in [-0.2, 0) is 6.54 Å². The molecule has 0 spiro atoms. The Morgan fingerprint density at radius 1 is 1.19 bits per heavy atom. The molecular weight excluding hydrogens is 264 g/mol. The van der Waals surface area contributed by atoms with Crippen molar-refractivity contribution in [1.29, 1.82) is 0 Å². The second kappa shape index (κ2) is 8.82. The van der Waals surface area contributed by atoms with Gasteiger partial charge >= 0.3 is 0 Å². The summed E-state index contributed by atoms with van der Waals surface area (Å²) in [5.74, 6) is 0. The molecule has 2 heterocycles. The van der Waals surface area contributed by atoms with Gasteiger partial charge in [-0.15, -0.1) is 0 Å². The minimum Gasteiger partial charge on any atom is -0.370 e. The topological polar surface area (TPSA) is 50.2 Å². The van der Waals surface area contributed by atoms with E-state index in [0.717, 1.165) is 31.9 Å². The van der Waals surface area contributed by atoms with Crippen LogP contribution in [0.5, 0.6) is 0 Å². The normalized spacial score (nSPS) is 15.4. The predicted molar refractivity (Wildman–Crippen MR) is 87.0 cm³/mol. The van der Waals surface area contributed by atoms with E-state index in [9.17, 15) is 4.79 Å². The molecule has 1 aromatic heterocycles. The number of anilines is 1. The molecule has 1 saturated heterocycles. The van der Waals surface area contributed by atoms with E-state index in [1.54, 1.807) is 10.7 Å². The summed E-state index contributed by atoms with van der Waals surface area (Å²) in [6.07, 6.45) is 9.26. The van der Waals surface area contributed by atoms with Gasteiger partial charge in [0.2, 0.25) is 0 Å². The molecule has 5 heteroatoms. The minimum absolute atomic E-state index is 0.00781. The van der Waals surface area contributed by atoms with Crippen LogP contribution in [0, 0.1) is 0 Å². The summed E-state index contributed by atoms with van der Waals surface area (Å²) in [7, 11) is 0. The van der Waals surface area contributed by atoms with Crippen LogP contribution in [0.25, 0.3) is 0 Å². The Hall–Kier alpha value is -1.36. The second-order valence-electron chi connectivity index (χ2n) is 5.78. The largest absolute Gasteiger partial charge is 0.370 e. The highest BCUT2D eigenvalue weighted by molar-refractivity contribution is 5.43. The van der Waals surface area contributed by atoms with Crippen molar-refractivity contribution >= 4 is 5.69 Å². The summed E-state index contributed by atoms with van der Waals surface area (Å²) < 4.78 is 1.56. The number of nitrogens with one attached hydrogen (secondary N) is 1. The third-order valence-corrected chi connectivity index (χ3v) is 4.03. The van der Waals surface area contributed by atoms with Gasteiger partial charge in [-0.25, -0.2) is 4.68 Å². The Bertz CT molecular complexity index is 466. The minimum atomic E-state index is 0.00781. The number of aromatic nitrogens is 2. The van der Waals surface area contributed by atoms with Crippen LogP contribution in [0.1, 0.15) is 45.4 Å². The molecule has 21 heavy (non-hydrogen) atoms. The van der Waals surface area contributed by atoms with Gasteiger partial charge in [-0.2, -0.15) is 5.10 Å². The van der Waals surface area contributed by atoms with Crippen molar-refractivity contribution in [3.8, 4) is 0 Å². The number of unbranched alkanes of at least 4 members (excludes halogenated alkanes) is 2. The van der Waals surface area contributed by atoms with Gasteiger partial charge in [-0.1, -0.05) is 19.8 Å². The maximum Gasteiger partial charge on any atom is 0.268 e. The van der Waals surface area contributed by atoms with Crippen LogP contribution in [0.15, 0.2) is 17.1 Å². The zero-order valence-electron chi connectivity index (χ0n) is 13.2. The van der Waals surface area contributed by atoms with Crippen LogP contribution in [0.3, 0.4) is 0 Å². The van der Waals surface area contributed by atoms with Crippen molar-refractivity contribution in [2.24, 2.45) is 0 Å². The number of hydrogen-bond acceptors (Lipinski definition) is 4. The molecule has 5 nitrogen and oxygen atoms in total. The van der Waals surface area contributed by atoms with Gasteiger partial charge in [0.05, 0.1) is 18.4 Å². The van der Waals surface area contributed by atoms with Gasteiger partial charge in [-0.3, -0.25) is 4.79 Å². The zero-order valence-corrected chi connectivity index (χ0v) is 13.2. The monoisotopic (exact) mass is 292 g/mol. The molecule has 1 aliphatic rings. The van der Waals surface area contributed by atoms with Crippen LogP contribution >= 0.6 is 0 Å². The number of piperidine rings is 1. The van der Waals surface area contributed by atoms with E-state index in [1.165, 1.54) is 38.5 Å². The predicted octanol–water partition coefficient (Wildman–Crippen LogP) is 2.01. The molecule has 0 unspecified atom stereocenters. The van der Waals surface area contributed by atoms with Crippen molar-refractivity contribution in [3.05, 3.63) is 22.6 Å². The first kappa shape index (κ1) is 16.0. The Kier molecular flexibility index (Phi) is 6.73. The van der Waals surface area contributed by atoms with Gasteiger partial charge in [0.25, 0.3) is 5.56 Å². The van der Waals surface area contributed by atoms with E-state index >= 15 is 0 Å². The van der Waals surface area contributed by atoms with E-state index in [1.807, 2.05) is 6.20 Å². The van der Waals surface area contributed by atoms with Gasteiger partial charge in [-0.05, 0) is 32.2 Å². The van der Waals surface area contributed by atoms with Crippen LogP contribution in [0.2, 0.25) is 0 Å². The van der Waals surface area contributed by atoms with Crippen molar-refractivity contribution < 1.29 is 0 Å². The molecule has 0 radical (unpaired) electrons. The first-order valence-electron chi connectivity index (χ1n) is 8.34. The van der Waals surface area contributed by atoms with Gasteiger partial charge in [0.1, 0.15) is 0 Å². The number of rotatable bonds is 8. The average Bonchev–Trinajstić information content (AvgIpc) is 2.53. The SMILES string of the molecule is CCCCCNCCn1ncc(N2CCCCC2)cc1=O. The van der Waals surface area contributed by atoms with Crippen molar-refractivity contribution in [2.45, 2.75) is 52.0 Å². The molecule has 1 fully saturated rings. The van der Waals surface area contributed by atoms with E-state index in [2.05, 4.69) is 22.2 Å². The first-order valence-corrected chi connectivity index (χ1v) is 8.34. The summed E-state index contributed by atoms with van der Waals surface area (Å²) in [6, 6.07) is 1.73. The lowest BCUT2D eigenvalue weighted by Crippen LogP contribution is -2.33. The molecule has 1 aromatic rings. The molecule has 0 bridgehead atoms. The van der Waals surface area contributed by atoms with E-state index in [4.69, 9.17) is 0 Å². The quantitative estimate of drug-likeness (QED) is 0.745. The van der Waals surface area contributed by atoms with Crippen molar-refractivity contribution in [3.63, 3.8) is 0 Å². The third kappa shape index (κ3) is 5.16. The highest BCUT2D eigenvalue weighted by atomic mass is 16.1. The standard InChI is InChI=1S/C16H28N4O/c1-2-3-5-8-17-9-12-20-16(21)13-15(14-18-20)19-10-6-4-7-11-19/h13-14,17H,2-12H2,1H3. The maximum atomic E-state index is 12.1. The molecule has 1 aliphatic heterocycles. The maximum absolute atomic E-state index is 12.1. The Labute approximate surface area is 127 Å². The molecule has 2 rings (SSSR count). The molecule has 118 valence electrons. The van der Waals surface area contributed by atoms with E-state index in [0.29, 0.717) is 6.54 Å². The summed E-state index contributed by atoms with van der Waals surface area (Å²) >= 11 is 0. The fraction of sp³-hybridized carbons (Fsp3) is 0.750. The Morgan fingerprint density at radius 3 is 2.71 bits per heavy atom. The molecule has 0 saturated carbocycles. The second-order valence-corrected chi connectivity index (χ2v) is 5.78. The lowest BCUT2D eigenvalue weighted by atomic mass is 10.1. The fourth-order valence-electron chi connectivity index (χ4n) is 2.73. The first-order chi connectivity index (χ1) is 10.3. The van der Waals surface area contributed by atoms with Crippen molar-refractivity contribution in [1.82, 2.24) is 15.1 Å². The van der Waals surface area contributed by atoms with Crippen LogP contribution < -0.4 is 15.8 Å². The van der Waals surface area contributed by atoms with Crippen LogP contribution in [0.4, 0.5) is 5.69 Å². The van der Waals surface area contributed by atoms with Gasteiger partial charge < -0.3 is 10.2 Å². The summed E-state index contributed by atoms with van der Waals surface area (Å²) in [5.41, 5.74) is 0.986. The molecule has 1 N–H and O–H groups in total. The molecule has 0 amide bonds. The third-order valence-electron chi connectivity index (χ3n) is 4.03. The van der Waals surface area contributed by atoms with E-state index < -0.39 is 0 Å². The van der Waals surface area contributed by atoms with Crippen LogP contribution in [-0.4, -0.2) is 36.0 Å². The lowest BCUT2D eigenvalue weighted by molar-refractivity contribution is 0.518. The summed E-state index contributed by atoms with van der Waals surface area (Å²) in [6.45, 7) is 6.76. The summed E-state index contributed by atoms with van der Waals surface area (Å²) in [4.78, 5) is 14.4. The van der Waals surface area contributed by atoms with Crippen molar-refractivity contribution in [2.75, 3.05) is 31.1 Å². The van der Waals surface area contributed by atoms with Gasteiger partial charge in [0, 0.05) is 25.7 Å². The van der Waals surface area contributed by atoms with Gasteiger partial charge in [0.15, 0.2) is 0 Å². The molecule has 0 aromatic carbocycles. The summed E-state index contributed by atoms with van der Waals surface area (Å²) in [5, 5.41) is 7.67. The molecule has 0 atom stereocenters. The Balaban J connectivity index is 1.80. The smallest absolute Gasteiger partial charge is 0.268 e. The lowest BCUT2D eigenvalue weighted by Gasteiger charge is -2.28. The highest BCUT2D eigenvalue weighted by Crippen LogP contribution is 2.16. The number of hydrogen-bond donors (Lipinski definition) is 1. The average molecular weight is 292 g/mol. The number of nitrogens with zero attached hydrogens (tertiary/aromatic N) is 3. The highest BCUT2D eigenvalue weighted by Gasteiger charge is 2.12.